The standard InChI is InChI=1S/C26H41FN6O14/c1-11(36)30-15-19(39)20(14(10-35)45-22(15)41)47-23-16(18(38)17(37)13(9-34)46-23)31-24(42)28-6-4-2-3-5-7-29-25(43)33-8-12(27)21(40)32-26(33)44/h8,13-20,22-23,34-35,37-39,41H,2-7,9-10H2,1H3,(H,29,43)(H,30,36)(H2,28,31,42)(H,32,40,44)/t13-,14-,15+,16+,17+,18-,19-,20+,22-,23+/m0/s1. The van der Waals surface area contributed by atoms with Gasteiger partial charge in [-0.2, -0.15) is 4.39 Å². The van der Waals surface area contributed by atoms with Crippen LogP contribution < -0.4 is 32.5 Å². The van der Waals surface area contributed by atoms with Crippen LogP contribution in [0.25, 0.3) is 0 Å². The number of ether oxygens (including phenoxy) is 3. The third-order valence-corrected chi connectivity index (χ3v) is 7.49. The Balaban J connectivity index is 1.49. The average Bonchev–Trinajstić information content (AvgIpc) is 3.02. The van der Waals surface area contributed by atoms with Gasteiger partial charge in [0.15, 0.2) is 12.6 Å². The number of unbranched alkanes of at least 4 members (excludes halogenated alkanes) is 3. The van der Waals surface area contributed by atoms with Crippen molar-refractivity contribution >= 4 is 18.0 Å². The van der Waals surface area contributed by atoms with Crippen molar-refractivity contribution in [2.75, 3.05) is 26.3 Å². The molecule has 0 saturated carbocycles. The first-order chi connectivity index (χ1) is 22.3. The second-order valence-electron chi connectivity index (χ2n) is 11.0. The van der Waals surface area contributed by atoms with Crippen molar-refractivity contribution in [3.05, 3.63) is 32.9 Å². The van der Waals surface area contributed by atoms with E-state index >= 15 is 0 Å². The van der Waals surface area contributed by atoms with Crippen molar-refractivity contribution in [2.45, 2.75) is 93.9 Å². The Morgan fingerprint density at radius 1 is 0.894 bits per heavy atom. The number of amides is 4. The number of rotatable bonds is 13. The number of hydrogen-bond acceptors (Lipinski definition) is 14. The number of aliphatic hydroxyl groups is 6. The van der Waals surface area contributed by atoms with Gasteiger partial charge in [0.25, 0.3) is 5.56 Å². The molecule has 0 spiro atoms. The molecule has 2 fully saturated rings. The summed E-state index contributed by atoms with van der Waals surface area (Å²) < 4.78 is 30.4. The minimum Gasteiger partial charge on any atom is -0.394 e. The minimum absolute atomic E-state index is 0.139. The number of halogens is 1. The maximum atomic E-state index is 13.3. The van der Waals surface area contributed by atoms with E-state index in [0.29, 0.717) is 36.4 Å². The van der Waals surface area contributed by atoms with Crippen LogP contribution in [0.15, 0.2) is 15.8 Å². The lowest BCUT2D eigenvalue weighted by Crippen LogP contribution is -2.69. The van der Waals surface area contributed by atoms with Gasteiger partial charge in [0.05, 0.1) is 19.4 Å². The van der Waals surface area contributed by atoms with E-state index in [1.807, 2.05) is 0 Å². The highest BCUT2D eigenvalue weighted by Gasteiger charge is 2.51. The lowest BCUT2D eigenvalue weighted by atomic mass is 9.94. The van der Waals surface area contributed by atoms with Crippen molar-refractivity contribution in [1.82, 2.24) is 30.8 Å². The molecular weight excluding hydrogens is 639 g/mol. The fourth-order valence-electron chi connectivity index (χ4n) is 5.03. The molecule has 3 heterocycles. The SMILES string of the molecule is CC(=O)N[C@@H]1[C@H](O)[C@H](O[C@H]2O[C@@H](CO)[C@@H](O)[C@@H](O)[C@H]2NC(=O)NCCCCCCNC(=O)n2cc(F)c(=O)[nH]c2=O)[C@H](CO)O[C@@H]1O. The summed E-state index contributed by atoms with van der Waals surface area (Å²) in [6, 6.07) is -4.59. The van der Waals surface area contributed by atoms with Crippen LogP contribution in [0.5, 0.6) is 0 Å². The van der Waals surface area contributed by atoms with E-state index in [-0.39, 0.29) is 13.1 Å². The molecular formula is C26H41FN6O14. The van der Waals surface area contributed by atoms with Crippen LogP contribution in [-0.4, -0.2) is 146 Å². The minimum atomic E-state index is -1.73. The van der Waals surface area contributed by atoms with Crippen LogP contribution in [0.2, 0.25) is 0 Å². The van der Waals surface area contributed by atoms with Crippen LogP contribution in [0.4, 0.5) is 14.0 Å². The summed E-state index contributed by atoms with van der Waals surface area (Å²) in [4.78, 5) is 60.6. The monoisotopic (exact) mass is 680 g/mol. The number of aliphatic hydroxyl groups excluding tert-OH is 6. The fraction of sp³-hybridized carbons (Fsp3) is 0.731. The highest BCUT2D eigenvalue weighted by molar-refractivity contribution is 5.76. The van der Waals surface area contributed by atoms with Crippen molar-refractivity contribution in [3.63, 3.8) is 0 Å². The molecule has 3 rings (SSSR count). The molecule has 2 saturated heterocycles. The maximum Gasteiger partial charge on any atom is 0.336 e. The smallest absolute Gasteiger partial charge is 0.336 e. The van der Waals surface area contributed by atoms with Crippen molar-refractivity contribution in [3.8, 4) is 0 Å². The number of H-pyrrole nitrogens is 1. The van der Waals surface area contributed by atoms with Crippen LogP contribution in [0.3, 0.4) is 0 Å². The second kappa shape index (κ2) is 17.6. The fourth-order valence-corrected chi connectivity index (χ4v) is 5.03. The van der Waals surface area contributed by atoms with Crippen molar-refractivity contribution < 1.29 is 63.6 Å². The van der Waals surface area contributed by atoms with Crippen LogP contribution in [0.1, 0.15) is 32.6 Å². The maximum absolute atomic E-state index is 13.3. The zero-order valence-corrected chi connectivity index (χ0v) is 25.3. The lowest BCUT2D eigenvalue weighted by Gasteiger charge is -2.47. The van der Waals surface area contributed by atoms with Crippen LogP contribution in [0, 0.1) is 5.82 Å². The Morgan fingerprint density at radius 2 is 1.53 bits per heavy atom. The number of carbonyl (C=O) groups excluding carboxylic acids is 3. The number of aromatic nitrogens is 2. The van der Waals surface area contributed by atoms with Gasteiger partial charge in [-0.1, -0.05) is 12.8 Å². The van der Waals surface area contributed by atoms with Gasteiger partial charge in [0, 0.05) is 20.0 Å². The number of urea groups is 1. The summed E-state index contributed by atoms with van der Waals surface area (Å²) in [5, 5.41) is 71.2. The molecule has 0 unspecified atom stereocenters. The van der Waals surface area contributed by atoms with E-state index in [9.17, 15) is 59.0 Å². The third kappa shape index (κ3) is 9.98. The van der Waals surface area contributed by atoms with Crippen LogP contribution >= 0.6 is 0 Å². The summed E-state index contributed by atoms with van der Waals surface area (Å²) in [5.74, 6) is -1.91. The first-order valence-corrected chi connectivity index (χ1v) is 14.8. The van der Waals surface area contributed by atoms with Gasteiger partial charge in [0.1, 0.15) is 48.7 Å². The van der Waals surface area contributed by atoms with Gasteiger partial charge in [-0.3, -0.25) is 14.6 Å². The first-order valence-electron chi connectivity index (χ1n) is 14.8. The number of aromatic amines is 1. The molecule has 0 aromatic carbocycles. The summed E-state index contributed by atoms with van der Waals surface area (Å²) in [7, 11) is 0. The van der Waals surface area contributed by atoms with Crippen molar-refractivity contribution in [1.29, 1.82) is 0 Å². The highest BCUT2D eigenvalue weighted by atomic mass is 19.1. The van der Waals surface area contributed by atoms with E-state index < -0.39 is 110 Å². The molecule has 2 aliphatic heterocycles. The molecule has 4 amide bonds. The zero-order chi connectivity index (χ0) is 34.8. The summed E-state index contributed by atoms with van der Waals surface area (Å²) in [5.41, 5.74) is -2.33. The topological polar surface area (TPSA) is 303 Å². The number of carbonyl (C=O) groups is 3. The molecule has 20 nitrogen and oxygen atoms in total. The second-order valence-corrected chi connectivity index (χ2v) is 11.0. The Labute approximate surface area is 265 Å². The van der Waals surface area contributed by atoms with E-state index in [1.54, 1.807) is 4.98 Å². The number of hydrogen-bond donors (Lipinski definition) is 11. The summed E-state index contributed by atoms with van der Waals surface area (Å²) in [6.07, 6.45) is -10.00. The Kier molecular flexibility index (Phi) is 14.2. The van der Waals surface area contributed by atoms with Gasteiger partial charge in [0.2, 0.25) is 11.7 Å². The average molecular weight is 681 g/mol. The van der Waals surface area contributed by atoms with E-state index in [4.69, 9.17) is 14.2 Å². The molecule has 11 N–H and O–H groups in total. The Bertz CT molecular complexity index is 1330. The van der Waals surface area contributed by atoms with E-state index in [0.717, 1.165) is 6.92 Å². The molecule has 0 bridgehead atoms. The summed E-state index contributed by atoms with van der Waals surface area (Å²) >= 11 is 0. The largest absolute Gasteiger partial charge is 0.394 e. The van der Waals surface area contributed by atoms with Gasteiger partial charge in [-0.25, -0.2) is 19.0 Å². The quantitative estimate of drug-likeness (QED) is 0.0869. The summed E-state index contributed by atoms with van der Waals surface area (Å²) in [6.45, 7) is -0.0928. The number of nitrogens with one attached hydrogen (secondary N) is 5. The van der Waals surface area contributed by atoms with E-state index in [2.05, 4.69) is 21.3 Å². The third-order valence-electron chi connectivity index (χ3n) is 7.49. The molecule has 0 aliphatic carbocycles. The van der Waals surface area contributed by atoms with Gasteiger partial charge in [-0.15, -0.1) is 0 Å². The molecule has 10 atom stereocenters. The molecule has 21 heteroatoms. The highest BCUT2D eigenvalue weighted by Crippen LogP contribution is 2.28. The zero-order valence-electron chi connectivity index (χ0n) is 25.3. The van der Waals surface area contributed by atoms with Gasteiger partial charge < -0.3 is 66.1 Å². The lowest BCUT2D eigenvalue weighted by molar-refractivity contribution is -0.327. The molecule has 0 radical (unpaired) electrons. The normalized spacial score (nSPS) is 30.7. The molecule has 266 valence electrons. The van der Waals surface area contributed by atoms with E-state index in [1.165, 1.54) is 0 Å². The predicted molar refractivity (Wildman–Crippen MR) is 153 cm³/mol. The predicted octanol–water partition coefficient (Wildman–Crippen LogP) is -5.14. The Hall–Kier alpha value is -3.54. The molecule has 1 aromatic rings. The van der Waals surface area contributed by atoms with Gasteiger partial charge in [-0.05, 0) is 12.8 Å². The Morgan fingerprint density at radius 3 is 2.15 bits per heavy atom. The van der Waals surface area contributed by atoms with Crippen LogP contribution in [-0.2, 0) is 19.0 Å². The molecule has 1 aromatic heterocycles. The van der Waals surface area contributed by atoms with Gasteiger partial charge >= 0.3 is 17.8 Å². The molecule has 2 aliphatic rings. The number of nitrogens with zero attached hydrogens (tertiary/aromatic N) is 1. The molecule has 47 heavy (non-hydrogen) atoms. The van der Waals surface area contributed by atoms with Crippen molar-refractivity contribution in [2.24, 2.45) is 0 Å². The first kappa shape index (κ1) is 37.9.